The van der Waals surface area contributed by atoms with E-state index in [1.807, 2.05) is 0 Å². The molecule has 0 saturated carbocycles. The van der Waals surface area contributed by atoms with Gasteiger partial charge in [-0.3, -0.25) is 0 Å². The van der Waals surface area contributed by atoms with Crippen LogP contribution in [0.15, 0.2) is 97.1 Å². The van der Waals surface area contributed by atoms with Gasteiger partial charge in [0, 0.05) is 0 Å². The van der Waals surface area contributed by atoms with Gasteiger partial charge in [0.25, 0.3) is 0 Å². The summed E-state index contributed by atoms with van der Waals surface area (Å²) in [5.74, 6) is 0. The molecule has 2 heteroatoms. The summed E-state index contributed by atoms with van der Waals surface area (Å²) in [4.78, 5) is 0. The third kappa shape index (κ3) is 3.58. The molecule has 34 heavy (non-hydrogen) atoms. The first-order valence-corrected chi connectivity index (χ1v) is 15.5. The molecule has 0 spiro atoms. The Hall–Kier alpha value is -2.60. The second-order valence-electron chi connectivity index (χ2n) is 9.20. The van der Waals surface area contributed by atoms with Crippen LogP contribution < -0.4 is 0 Å². The fourth-order valence-corrected chi connectivity index (χ4v) is 9.83. The van der Waals surface area contributed by atoms with Crippen molar-refractivity contribution in [3.05, 3.63) is 117 Å². The molecule has 0 bridgehead atoms. The molecule has 0 amide bonds. The summed E-state index contributed by atoms with van der Waals surface area (Å²) in [6.07, 6.45) is 4.65. The van der Waals surface area contributed by atoms with Crippen LogP contribution in [0.5, 0.6) is 0 Å². The summed E-state index contributed by atoms with van der Waals surface area (Å²) in [5.41, 5.74) is 8.90. The predicted octanol–water partition coefficient (Wildman–Crippen LogP) is 7.32. The Labute approximate surface area is 212 Å². The monoisotopic (exact) mass is 568 g/mol. The quantitative estimate of drug-likeness (QED) is 0.185. The van der Waals surface area contributed by atoms with Crippen molar-refractivity contribution in [1.82, 2.24) is 0 Å². The Morgan fingerprint density at radius 3 is 1.32 bits per heavy atom. The summed E-state index contributed by atoms with van der Waals surface area (Å²) in [5, 5.41) is 3.04. The third-order valence-electron chi connectivity index (χ3n) is 7.05. The Bertz CT molecular complexity index is 1500. The number of rotatable bonds is 6. The van der Waals surface area contributed by atoms with E-state index in [4.69, 9.17) is 0 Å². The molecular weight excluding hydrogens is 542 g/mol. The summed E-state index contributed by atoms with van der Waals surface area (Å²) < 4.78 is 6.43. The standard InChI is InChI=1S/C32H24Se2/c1-3-7-21(8-4-1)11-13-23-19-27-29(33-23)17-15-25-31(27)26-16-18-30-28(32(25)26)20-24(34-30)14-12-22-9-5-2-6-10-22/h1-10,15-20H,11-14H2. The number of benzene rings is 4. The first-order chi connectivity index (χ1) is 16.8. The van der Waals surface area contributed by atoms with Crippen LogP contribution in [0.3, 0.4) is 0 Å². The van der Waals surface area contributed by atoms with Crippen LogP contribution in [0.2, 0.25) is 0 Å². The minimum absolute atomic E-state index is 0.471. The number of aryl methyl sites for hydroxylation is 4. The normalized spacial score (nSPS) is 12.0. The zero-order chi connectivity index (χ0) is 22.5. The maximum absolute atomic E-state index is 2.53. The zero-order valence-electron chi connectivity index (χ0n) is 18.9. The molecule has 0 radical (unpaired) electrons. The van der Waals surface area contributed by atoms with Crippen molar-refractivity contribution in [3.8, 4) is 22.3 Å². The number of hydrogen-bond donors (Lipinski definition) is 0. The fourth-order valence-electron chi connectivity index (χ4n) is 5.33. The molecule has 0 aliphatic heterocycles. The van der Waals surface area contributed by atoms with Gasteiger partial charge >= 0.3 is 213 Å². The van der Waals surface area contributed by atoms with Crippen LogP contribution in [0, 0.1) is 0 Å². The first kappa shape index (κ1) is 20.7. The van der Waals surface area contributed by atoms with Gasteiger partial charge in [-0.05, 0) is 0 Å². The van der Waals surface area contributed by atoms with Gasteiger partial charge < -0.3 is 0 Å². The Morgan fingerprint density at radius 1 is 0.441 bits per heavy atom. The summed E-state index contributed by atoms with van der Waals surface area (Å²) in [6.45, 7) is 0. The van der Waals surface area contributed by atoms with Gasteiger partial charge in [-0.2, -0.15) is 0 Å². The van der Waals surface area contributed by atoms with Crippen LogP contribution in [0.4, 0.5) is 0 Å². The van der Waals surface area contributed by atoms with E-state index in [0.717, 1.165) is 12.8 Å². The summed E-state index contributed by atoms with van der Waals surface area (Å²) >= 11 is 0.943. The Balaban J connectivity index is 1.19. The molecule has 0 fully saturated rings. The topological polar surface area (TPSA) is 0 Å². The van der Waals surface area contributed by atoms with E-state index in [1.54, 1.807) is 17.4 Å². The van der Waals surface area contributed by atoms with Gasteiger partial charge in [-0.1, -0.05) is 0 Å². The van der Waals surface area contributed by atoms with Gasteiger partial charge in [0.15, 0.2) is 0 Å². The van der Waals surface area contributed by atoms with Crippen molar-refractivity contribution < 1.29 is 0 Å². The van der Waals surface area contributed by atoms with E-state index in [0.29, 0.717) is 29.0 Å². The molecule has 1 aliphatic carbocycles. The molecule has 0 N–H and O–H groups in total. The summed E-state index contributed by atoms with van der Waals surface area (Å²) in [6, 6.07) is 36.5. The molecule has 0 atom stereocenters. The van der Waals surface area contributed by atoms with Crippen LogP contribution in [-0.2, 0) is 25.7 Å². The maximum atomic E-state index is 2.53. The van der Waals surface area contributed by atoms with Crippen LogP contribution in [0.1, 0.15) is 20.0 Å². The van der Waals surface area contributed by atoms with Crippen LogP contribution >= 0.6 is 0 Å². The fraction of sp³-hybridized carbons (Fsp3) is 0.125. The van der Waals surface area contributed by atoms with Crippen molar-refractivity contribution in [1.29, 1.82) is 0 Å². The van der Waals surface area contributed by atoms with Crippen LogP contribution in [-0.4, -0.2) is 29.0 Å². The molecule has 4 aromatic carbocycles. The number of fused-ring (bicyclic) bond motifs is 8. The first-order valence-electron chi connectivity index (χ1n) is 12.0. The van der Waals surface area contributed by atoms with E-state index < -0.39 is 0 Å². The number of hydrogen-bond acceptors (Lipinski definition) is 0. The molecule has 0 nitrogen and oxygen atoms in total. The van der Waals surface area contributed by atoms with E-state index in [-0.39, 0.29) is 0 Å². The van der Waals surface area contributed by atoms with E-state index in [9.17, 15) is 0 Å². The zero-order valence-corrected chi connectivity index (χ0v) is 22.3. The molecule has 1 aliphatic rings. The molecular formula is C32H24Se2. The molecule has 2 aromatic heterocycles. The Morgan fingerprint density at radius 2 is 0.882 bits per heavy atom. The van der Waals surface area contributed by atoms with E-state index >= 15 is 0 Å². The van der Waals surface area contributed by atoms with Crippen molar-refractivity contribution in [3.63, 3.8) is 0 Å². The SMILES string of the molecule is c1ccc(CCc2cc3c4c(ccc3[se]2)-c2c-4ccc3[se]c(CCc4ccccc4)cc23)cc1. The predicted molar refractivity (Wildman–Crippen MR) is 147 cm³/mol. The molecule has 0 saturated heterocycles. The third-order valence-corrected chi connectivity index (χ3v) is 11.9. The minimum atomic E-state index is 0.471. The van der Waals surface area contributed by atoms with Crippen molar-refractivity contribution in [2.45, 2.75) is 25.7 Å². The molecule has 164 valence electrons. The van der Waals surface area contributed by atoms with Crippen LogP contribution in [0.25, 0.3) is 41.5 Å². The van der Waals surface area contributed by atoms with Gasteiger partial charge in [-0.25, -0.2) is 0 Å². The van der Waals surface area contributed by atoms with Crippen molar-refractivity contribution in [2.24, 2.45) is 0 Å². The van der Waals surface area contributed by atoms with Crippen molar-refractivity contribution >= 4 is 48.3 Å². The average molecular weight is 566 g/mol. The molecule has 2 heterocycles. The van der Waals surface area contributed by atoms with Gasteiger partial charge in [-0.15, -0.1) is 0 Å². The van der Waals surface area contributed by atoms with Gasteiger partial charge in [0.05, 0.1) is 0 Å². The second-order valence-corrected chi connectivity index (χ2v) is 14.1. The summed E-state index contributed by atoms with van der Waals surface area (Å²) in [7, 11) is 0. The second kappa shape index (κ2) is 8.56. The van der Waals surface area contributed by atoms with Gasteiger partial charge in [0.1, 0.15) is 0 Å². The van der Waals surface area contributed by atoms with E-state index in [1.165, 1.54) is 57.0 Å². The van der Waals surface area contributed by atoms with E-state index in [2.05, 4.69) is 97.1 Å². The Kier molecular flexibility index (Phi) is 5.22. The average Bonchev–Trinajstić information content (AvgIpc) is 3.47. The van der Waals surface area contributed by atoms with Gasteiger partial charge in [0.2, 0.25) is 0 Å². The molecule has 7 rings (SSSR count). The molecule has 6 aromatic rings. The molecule has 0 unspecified atom stereocenters. The van der Waals surface area contributed by atoms with Crippen molar-refractivity contribution in [2.75, 3.05) is 0 Å².